The lowest BCUT2D eigenvalue weighted by atomic mass is 9.93. The highest BCUT2D eigenvalue weighted by Crippen LogP contribution is 2.30. The van der Waals surface area contributed by atoms with Gasteiger partial charge in [0.25, 0.3) is 5.91 Å². The van der Waals surface area contributed by atoms with Crippen LogP contribution in [-0.2, 0) is 32.9 Å². The van der Waals surface area contributed by atoms with Crippen LogP contribution in [0.3, 0.4) is 0 Å². The molecule has 0 bridgehead atoms. The quantitative estimate of drug-likeness (QED) is 0.738. The summed E-state index contributed by atoms with van der Waals surface area (Å²) in [5.41, 5.74) is 3.65. The average Bonchev–Trinajstić information content (AvgIpc) is 3.39. The molecule has 0 saturated heterocycles. The largest absolute Gasteiger partial charge is 0.349 e. The monoisotopic (exact) mass is 396 g/mol. The molecule has 1 unspecified atom stereocenters. The Hall–Kier alpha value is -2.48. The van der Waals surface area contributed by atoms with Crippen LogP contribution in [0.1, 0.15) is 52.3 Å². The zero-order chi connectivity index (χ0) is 19.1. The number of carbonyl (C=O) groups is 1. The van der Waals surface area contributed by atoms with Crippen molar-refractivity contribution < 1.29 is 4.79 Å². The number of amides is 1. The lowest BCUT2D eigenvalue weighted by Crippen LogP contribution is -2.35. The van der Waals surface area contributed by atoms with Crippen molar-refractivity contribution in [2.24, 2.45) is 7.05 Å². The molecule has 0 saturated carbocycles. The molecular formula is C20H24N6OS. The Kier molecular flexibility index (Phi) is 4.50. The van der Waals surface area contributed by atoms with Gasteiger partial charge in [-0.2, -0.15) is 5.10 Å². The standard InChI is InChI=1S/C20H24N6OS/c1-25-11-14(10-21-25)19-24-23-17-7-6-15(8-9-26(17)19)22-20(27)18-16-5-3-2-4-13(16)12-28-18/h10-12,15H,2-9H2,1H3,(H,22,27). The zero-order valence-corrected chi connectivity index (χ0v) is 16.8. The van der Waals surface area contributed by atoms with E-state index in [0.717, 1.165) is 60.7 Å². The van der Waals surface area contributed by atoms with Crippen LogP contribution in [0.5, 0.6) is 0 Å². The van der Waals surface area contributed by atoms with Gasteiger partial charge in [0, 0.05) is 32.3 Å². The molecule has 2 aliphatic rings. The SMILES string of the molecule is Cn1cc(-c2nnc3n2CCC(NC(=O)c2scc4c2CCCC4)CC3)cn1. The molecule has 146 valence electrons. The van der Waals surface area contributed by atoms with E-state index in [1.54, 1.807) is 16.0 Å². The number of nitrogens with zero attached hydrogens (tertiary/aromatic N) is 5. The maximum atomic E-state index is 12.9. The lowest BCUT2D eigenvalue weighted by Gasteiger charge is -2.17. The third kappa shape index (κ3) is 3.15. The van der Waals surface area contributed by atoms with Gasteiger partial charge < -0.3 is 9.88 Å². The van der Waals surface area contributed by atoms with Gasteiger partial charge in [-0.3, -0.25) is 9.48 Å². The number of aromatic nitrogens is 5. The molecule has 0 aromatic carbocycles. The molecule has 0 radical (unpaired) electrons. The Morgan fingerprint density at radius 2 is 2.11 bits per heavy atom. The fraction of sp³-hybridized carbons (Fsp3) is 0.500. The van der Waals surface area contributed by atoms with Gasteiger partial charge >= 0.3 is 0 Å². The third-order valence-electron chi connectivity index (χ3n) is 5.85. The number of fused-ring (bicyclic) bond motifs is 2. The molecule has 3 aromatic heterocycles. The van der Waals surface area contributed by atoms with E-state index in [9.17, 15) is 4.79 Å². The Labute approximate surface area is 167 Å². The van der Waals surface area contributed by atoms with E-state index in [4.69, 9.17) is 0 Å². The molecule has 1 atom stereocenters. The maximum absolute atomic E-state index is 12.9. The van der Waals surface area contributed by atoms with E-state index in [1.807, 2.05) is 19.4 Å². The van der Waals surface area contributed by atoms with Crippen LogP contribution in [0.15, 0.2) is 17.8 Å². The first-order chi connectivity index (χ1) is 13.7. The van der Waals surface area contributed by atoms with Gasteiger partial charge in [0.15, 0.2) is 5.82 Å². The molecule has 8 heteroatoms. The molecule has 1 N–H and O–H groups in total. The van der Waals surface area contributed by atoms with Gasteiger partial charge in [-0.1, -0.05) is 0 Å². The van der Waals surface area contributed by atoms with Gasteiger partial charge in [0.2, 0.25) is 0 Å². The van der Waals surface area contributed by atoms with Crippen LogP contribution in [0.25, 0.3) is 11.4 Å². The number of carbonyl (C=O) groups excluding carboxylic acids is 1. The molecule has 1 amide bonds. The number of thiophene rings is 1. The first kappa shape index (κ1) is 17.6. The van der Waals surface area contributed by atoms with Crippen LogP contribution >= 0.6 is 11.3 Å². The average molecular weight is 397 g/mol. The first-order valence-corrected chi connectivity index (χ1v) is 10.9. The Morgan fingerprint density at radius 1 is 1.21 bits per heavy atom. The van der Waals surface area contributed by atoms with E-state index >= 15 is 0 Å². The predicted molar refractivity (Wildman–Crippen MR) is 107 cm³/mol. The van der Waals surface area contributed by atoms with Crippen molar-refractivity contribution in [2.75, 3.05) is 0 Å². The minimum atomic E-state index is 0.100. The van der Waals surface area contributed by atoms with E-state index < -0.39 is 0 Å². The zero-order valence-electron chi connectivity index (χ0n) is 16.0. The molecule has 1 aliphatic heterocycles. The lowest BCUT2D eigenvalue weighted by molar-refractivity contribution is 0.0936. The normalized spacial score (nSPS) is 19.0. The van der Waals surface area contributed by atoms with Gasteiger partial charge in [-0.15, -0.1) is 21.5 Å². The van der Waals surface area contributed by atoms with Crippen LogP contribution in [0.2, 0.25) is 0 Å². The number of rotatable bonds is 3. The number of nitrogens with one attached hydrogen (secondary N) is 1. The third-order valence-corrected chi connectivity index (χ3v) is 6.92. The van der Waals surface area contributed by atoms with E-state index in [1.165, 1.54) is 24.0 Å². The summed E-state index contributed by atoms with van der Waals surface area (Å²) in [5, 5.41) is 18.5. The van der Waals surface area contributed by atoms with Gasteiger partial charge in [-0.25, -0.2) is 0 Å². The van der Waals surface area contributed by atoms with Crippen molar-refractivity contribution in [3.05, 3.63) is 39.6 Å². The van der Waals surface area contributed by atoms with Gasteiger partial charge in [-0.05, 0) is 55.0 Å². The smallest absolute Gasteiger partial charge is 0.261 e. The summed E-state index contributed by atoms with van der Waals surface area (Å²) in [5.74, 6) is 1.95. The van der Waals surface area contributed by atoms with Crippen molar-refractivity contribution in [3.8, 4) is 11.4 Å². The molecule has 0 fully saturated rings. The van der Waals surface area contributed by atoms with Gasteiger partial charge in [0.05, 0.1) is 16.6 Å². The molecule has 7 nitrogen and oxygen atoms in total. The summed E-state index contributed by atoms with van der Waals surface area (Å²) in [6, 6.07) is 0.164. The first-order valence-electron chi connectivity index (χ1n) is 10.0. The molecule has 3 aromatic rings. The summed E-state index contributed by atoms with van der Waals surface area (Å²) < 4.78 is 3.95. The van der Waals surface area contributed by atoms with Crippen molar-refractivity contribution >= 4 is 17.2 Å². The predicted octanol–water partition coefficient (Wildman–Crippen LogP) is 2.75. The fourth-order valence-corrected chi connectivity index (χ4v) is 5.40. The second-order valence-electron chi connectivity index (χ2n) is 7.77. The fourth-order valence-electron chi connectivity index (χ4n) is 4.34. The second-order valence-corrected chi connectivity index (χ2v) is 8.65. The highest BCUT2D eigenvalue weighted by molar-refractivity contribution is 7.12. The number of aryl methyl sites for hydroxylation is 3. The number of hydrogen-bond acceptors (Lipinski definition) is 5. The molecular weight excluding hydrogens is 372 g/mol. The van der Waals surface area contributed by atoms with E-state index in [2.05, 4.69) is 30.6 Å². The van der Waals surface area contributed by atoms with E-state index in [-0.39, 0.29) is 11.9 Å². The van der Waals surface area contributed by atoms with Crippen molar-refractivity contribution in [1.29, 1.82) is 0 Å². The molecule has 5 rings (SSSR count). The minimum Gasteiger partial charge on any atom is -0.349 e. The van der Waals surface area contributed by atoms with Crippen LogP contribution < -0.4 is 5.32 Å². The topological polar surface area (TPSA) is 77.6 Å². The second kappa shape index (κ2) is 7.16. The van der Waals surface area contributed by atoms with Crippen LogP contribution in [0.4, 0.5) is 0 Å². The summed E-state index contributed by atoms with van der Waals surface area (Å²) in [4.78, 5) is 13.8. The highest BCUT2D eigenvalue weighted by atomic mass is 32.1. The maximum Gasteiger partial charge on any atom is 0.261 e. The summed E-state index contributed by atoms with van der Waals surface area (Å²) in [6.45, 7) is 0.806. The van der Waals surface area contributed by atoms with Crippen LogP contribution in [0, 0.1) is 0 Å². The molecule has 4 heterocycles. The number of hydrogen-bond donors (Lipinski definition) is 1. The Morgan fingerprint density at radius 3 is 2.96 bits per heavy atom. The van der Waals surface area contributed by atoms with Crippen molar-refractivity contribution in [3.63, 3.8) is 0 Å². The van der Waals surface area contributed by atoms with Crippen molar-refractivity contribution in [2.45, 2.75) is 57.5 Å². The summed E-state index contributed by atoms with van der Waals surface area (Å²) in [7, 11) is 1.90. The molecule has 28 heavy (non-hydrogen) atoms. The minimum absolute atomic E-state index is 0.100. The highest BCUT2D eigenvalue weighted by Gasteiger charge is 2.25. The molecule has 0 spiro atoms. The Balaban J connectivity index is 1.29. The Bertz CT molecular complexity index is 1020. The van der Waals surface area contributed by atoms with Gasteiger partial charge in [0.1, 0.15) is 5.82 Å². The van der Waals surface area contributed by atoms with Crippen LogP contribution in [-0.4, -0.2) is 36.5 Å². The molecule has 1 aliphatic carbocycles. The summed E-state index contributed by atoms with van der Waals surface area (Å²) in [6.07, 6.45) is 11.0. The van der Waals surface area contributed by atoms with E-state index in [0.29, 0.717) is 0 Å². The summed E-state index contributed by atoms with van der Waals surface area (Å²) >= 11 is 1.61. The van der Waals surface area contributed by atoms with Crippen molar-refractivity contribution in [1.82, 2.24) is 29.9 Å².